The Morgan fingerprint density at radius 2 is 2.10 bits per heavy atom. The lowest BCUT2D eigenvalue weighted by Crippen LogP contribution is -2.25. The van der Waals surface area contributed by atoms with Crippen molar-refractivity contribution in [3.63, 3.8) is 0 Å². The lowest BCUT2D eigenvalue weighted by atomic mass is 9.94. The van der Waals surface area contributed by atoms with Crippen LogP contribution in [-0.4, -0.2) is 26.1 Å². The summed E-state index contributed by atoms with van der Waals surface area (Å²) < 4.78 is 8.20. The lowest BCUT2D eigenvalue weighted by Gasteiger charge is -2.22. The Balaban J connectivity index is 2.26. The molecule has 0 spiro atoms. The number of aromatic nitrogens is 1. The molecule has 0 fully saturated rings. The molecule has 0 saturated heterocycles. The van der Waals surface area contributed by atoms with E-state index in [0.717, 1.165) is 34.7 Å². The van der Waals surface area contributed by atoms with Gasteiger partial charge in [-0.1, -0.05) is 6.92 Å². The maximum atomic E-state index is 6.10. The van der Waals surface area contributed by atoms with Crippen molar-refractivity contribution in [2.75, 3.05) is 21.1 Å². The highest BCUT2D eigenvalue weighted by Crippen LogP contribution is 2.30. The number of aryl methyl sites for hydroxylation is 1. The summed E-state index contributed by atoms with van der Waals surface area (Å²) in [5.74, 6) is 2.16. The third-order valence-electron chi connectivity index (χ3n) is 4.12. The maximum Gasteiger partial charge on any atom is 0.206 e. The zero-order valence-corrected chi connectivity index (χ0v) is 13.3. The minimum atomic E-state index is 0.449. The van der Waals surface area contributed by atoms with Gasteiger partial charge in [-0.15, -0.1) is 0 Å². The van der Waals surface area contributed by atoms with Crippen molar-refractivity contribution in [3.8, 4) is 11.5 Å². The van der Waals surface area contributed by atoms with Crippen molar-refractivity contribution >= 4 is 6.08 Å². The molecule has 0 saturated carbocycles. The minimum Gasteiger partial charge on any atom is -0.453 e. The highest BCUT2D eigenvalue weighted by atomic mass is 16.3. The molecule has 0 aromatic heterocycles. The van der Waals surface area contributed by atoms with E-state index in [1.165, 1.54) is 11.3 Å². The fourth-order valence-corrected chi connectivity index (χ4v) is 2.95. The summed E-state index contributed by atoms with van der Waals surface area (Å²) >= 11 is 0. The fourth-order valence-electron chi connectivity index (χ4n) is 2.95. The second-order valence-corrected chi connectivity index (χ2v) is 5.98. The molecular weight excluding hydrogens is 262 g/mol. The van der Waals surface area contributed by atoms with Gasteiger partial charge in [-0.3, -0.25) is 0 Å². The van der Waals surface area contributed by atoms with Crippen LogP contribution in [0.5, 0.6) is 0 Å². The van der Waals surface area contributed by atoms with Crippen molar-refractivity contribution in [3.05, 3.63) is 40.2 Å². The van der Waals surface area contributed by atoms with E-state index in [1.54, 1.807) is 0 Å². The molecule has 4 nitrogen and oxygen atoms in total. The summed E-state index contributed by atoms with van der Waals surface area (Å²) in [7, 11) is 6.04. The zero-order valence-electron chi connectivity index (χ0n) is 13.3. The standard InChI is InChI=1S/C17H21N3O/c1-10-6-13-16(8-12(10)18-3)21-17-9-15(20(4)5)11(2)7-14(17)19-13/h7-10H,6H2,1-5H3/p+1. The van der Waals surface area contributed by atoms with E-state index in [1.807, 2.05) is 21.1 Å². The minimum absolute atomic E-state index is 0.449. The number of nitrogens with one attached hydrogen (secondary N) is 1. The molecule has 3 rings (SSSR count). The Kier molecular flexibility index (Phi) is 3.32. The van der Waals surface area contributed by atoms with Crippen LogP contribution in [-0.2, 0) is 6.42 Å². The van der Waals surface area contributed by atoms with E-state index in [9.17, 15) is 0 Å². The molecule has 4 heteroatoms. The molecule has 1 heterocycles. The first kappa shape index (κ1) is 13.9. The largest absolute Gasteiger partial charge is 0.453 e. The molecule has 1 N–H and O–H groups in total. The van der Waals surface area contributed by atoms with Gasteiger partial charge in [-0.05, 0) is 13.0 Å². The van der Waals surface area contributed by atoms with Gasteiger partial charge in [0.1, 0.15) is 19.8 Å². The van der Waals surface area contributed by atoms with Crippen LogP contribution in [0.15, 0.2) is 22.2 Å². The molecule has 0 radical (unpaired) electrons. The van der Waals surface area contributed by atoms with Crippen molar-refractivity contribution < 1.29 is 4.42 Å². The van der Waals surface area contributed by atoms with Crippen molar-refractivity contribution in [1.29, 1.82) is 0 Å². The van der Waals surface area contributed by atoms with Gasteiger partial charge < -0.3 is 9.73 Å². The Labute approximate surface area is 125 Å². The highest BCUT2D eigenvalue weighted by Gasteiger charge is 2.22. The molecule has 0 amide bonds. The van der Waals surface area contributed by atoms with E-state index >= 15 is 0 Å². The molecule has 0 bridgehead atoms. The third kappa shape index (κ3) is 2.35. The van der Waals surface area contributed by atoms with Crippen LogP contribution in [0.25, 0.3) is 17.5 Å². The fraction of sp³-hybridized carbons (Fsp3) is 0.412. The van der Waals surface area contributed by atoms with Gasteiger partial charge in [0.05, 0.1) is 11.8 Å². The van der Waals surface area contributed by atoms with Gasteiger partial charge in [-0.25, -0.2) is 9.56 Å². The van der Waals surface area contributed by atoms with E-state index < -0.39 is 0 Å². The van der Waals surface area contributed by atoms with Crippen LogP contribution in [0.2, 0.25) is 0 Å². The summed E-state index contributed by atoms with van der Waals surface area (Å²) in [5.41, 5.74) is 4.40. The molecule has 2 aliphatic carbocycles. The van der Waals surface area contributed by atoms with Gasteiger partial charge >= 0.3 is 0 Å². The second-order valence-electron chi connectivity index (χ2n) is 5.98. The van der Waals surface area contributed by atoms with Gasteiger partial charge in [0.25, 0.3) is 0 Å². The van der Waals surface area contributed by atoms with Crippen LogP contribution in [0.1, 0.15) is 23.9 Å². The molecular formula is C17H22N3O+. The molecule has 3 aliphatic rings. The van der Waals surface area contributed by atoms with E-state index in [-0.39, 0.29) is 0 Å². The van der Waals surface area contributed by atoms with Crippen LogP contribution < -0.4 is 15.2 Å². The summed E-state index contributed by atoms with van der Waals surface area (Å²) in [6, 6.07) is 4.18. The number of fused-ring (bicyclic) bond motifs is 2. The molecule has 1 atom stereocenters. The monoisotopic (exact) mass is 284 g/mol. The summed E-state index contributed by atoms with van der Waals surface area (Å²) in [5, 5.41) is 4.41. The third-order valence-corrected chi connectivity index (χ3v) is 4.12. The summed E-state index contributed by atoms with van der Waals surface area (Å²) in [4.78, 5) is 4.81. The van der Waals surface area contributed by atoms with Crippen LogP contribution >= 0.6 is 0 Å². The van der Waals surface area contributed by atoms with Gasteiger partial charge in [0.2, 0.25) is 5.36 Å². The Hall–Kier alpha value is -2.10. The predicted octanol–water partition coefficient (Wildman–Crippen LogP) is 1.87. The van der Waals surface area contributed by atoms with Gasteiger partial charge in [0, 0.05) is 36.7 Å². The first-order valence-corrected chi connectivity index (χ1v) is 7.33. The number of hydrogen-bond donors (Lipinski definition) is 1. The normalized spacial score (nSPS) is 17.4. The molecule has 0 aromatic carbocycles. The first-order chi connectivity index (χ1) is 9.99. The molecule has 110 valence electrons. The average molecular weight is 284 g/mol. The number of nitrogens with zero attached hydrogens (tertiary/aromatic N) is 2. The molecule has 21 heavy (non-hydrogen) atoms. The number of rotatable bonds is 1. The van der Waals surface area contributed by atoms with E-state index in [4.69, 9.17) is 9.40 Å². The summed E-state index contributed by atoms with van der Waals surface area (Å²) in [6.07, 6.45) is 2.99. The maximum absolute atomic E-state index is 6.10. The Morgan fingerprint density at radius 1 is 1.33 bits per heavy atom. The molecule has 1 aliphatic heterocycles. The number of hydrogen-bond acceptors (Lipinski definition) is 3. The van der Waals surface area contributed by atoms with Gasteiger partial charge in [0.15, 0.2) is 11.5 Å². The molecule has 0 aromatic rings. The van der Waals surface area contributed by atoms with E-state index in [2.05, 4.69) is 41.9 Å². The number of allylic oxidation sites excluding steroid dienone is 1. The SMILES string of the molecule is CNC1=Cc2oc3cc(=[N+](C)C)c(C)cc-3nc2CC1C. The first-order valence-electron chi connectivity index (χ1n) is 7.33. The second kappa shape index (κ2) is 5.02. The van der Waals surface area contributed by atoms with Crippen LogP contribution in [0.4, 0.5) is 0 Å². The quantitative estimate of drug-likeness (QED) is 0.813. The van der Waals surface area contributed by atoms with Crippen molar-refractivity contribution in [1.82, 2.24) is 14.9 Å². The van der Waals surface area contributed by atoms with Crippen molar-refractivity contribution in [2.24, 2.45) is 5.92 Å². The predicted molar refractivity (Wildman–Crippen MR) is 84.9 cm³/mol. The zero-order chi connectivity index (χ0) is 15.1. The van der Waals surface area contributed by atoms with Crippen LogP contribution in [0.3, 0.4) is 0 Å². The average Bonchev–Trinajstić information content (AvgIpc) is 2.43. The molecule has 1 unspecified atom stereocenters. The topological polar surface area (TPSA) is 41.1 Å². The van der Waals surface area contributed by atoms with Crippen molar-refractivity contribution in [2.45, 2.75) is 20.3 Å². The Morgan fingerprint density at radius 3 is 2.76 bits per heavy atom. The van der Waals surface area contributed by atoms with Crippen LogP contribution in [0, 0.1) is 12.8 Å². The lowest BCUT2D eigenvalue weighted by molar-refractivity contribution is 0.504. The Bertz CT molecular complexity index is 766. The highest BCUT2D eigenvalue weighted by molar-refractivity contribution is 5.60. The van der Waals surface area contributed by atoms with Gasteiger partial charge in [-0.2, -0.15) is 0 Å². The smallest absolute Gasteiger partial charge is 0.206 e. The summed E-state index contributed by atoms with van der Waals surface area (Å²) in [6.45, 7) is 4.31. The number of benzene rings is 1. The van der Waals surface area contributed by atoms with E-state index in [0.29, 0.717) is 5.92 Å².